The Bertz CT molecular complexity index is 1410. The fraction of sp³-hybridized carbons (Fsp3) is 0.222. The molecule has 0 saturated heterocycles. The lowest BCUT2D eigenvalue weighted by molar-refractivity contribution is 0.0961. The van der Waals surface area contributed by atoms with E-state index in [-0.39, 0.29) is 43.1 Å². The Balaban J connectivity index is 0.00000361. The Morgan fingerprint density at radius 1 is 1.03 bits per heavy atom. The average Bonchev–Trinajstić information content (AvgIpc) is 2.90. The number of ketones is 1. The smallest absolute Gasteiger partial charge is 0.251 e. The van der Waals surface area contributed by atoms with E-state index in [0.717, 1.165) is 16.5 Å². The molecular weight excluding hydrogens is 477 g/mol. The molecule has 2 heterocycles. The summed E-state index contributed by atoms with van der Waals surface area (Å²) in [6, 6.07) is 13.8. The van der Waals surface area contributed by atoms with Gasteiger partial charge in [0.15, 0.2) is 5.78 Å². The molecule has 0 fully saturated rings. The molecule has 0 bridgehead atoms. The molecule has 0 saturated carbocycles. The number of carbonyl (C=O) groups excluding carboxylic acids is 2. The van der Waals surface area contributed by atoms with Crippen molar-refractivity contribution in [3.63, 3.8) is 0 Å². The van der Waals surface area contributed by atoms with E-state index < -0.39 is 5.82 Å². The third-order valence-corrected chi connectivity index (χ3v) is 5.95. The highest BCUT2D eigenvalue weighted by atomic mass is 32.1. The van der Waals surface area contributed by atoms with Crippen molar-refractivity contribution >= 4 is 41.9 Å². The van der Waals surface area contributed by atoms with Crippen molar-refractivity contribution in [1.82, 2.24) is 20.3 Å². The van der Waals surface area contributed by atoms with E-state index in [1.54, 1.807) is 38.4 Å². The number of rotatable bonds is 8. The van der Waals surface area contributed by atoms with Crippen molar-refractivity contribution in [2.45, 2.75) is 26.2 Å². The predicted octanol–water partition coefficient (Wildman–Crippen LogP) is 5.11. The summed E-state index contributed by atoms with van der Waals surface area (Å²) in [7, 11) is 1.61. The summed E-state index contributed by atoms with van der Waals surface area (Å²) in [5.41, 5.74) is 3.57. The van der Waals surface area contributed by atoms with Gasteiger partial charge < -0.3 is 10.6 Å². The van der Waals surface area contributed by atoms with Gasteiger partial charge in [-0.1, -0.05) is 38.1 Å². The van der Waals surface area contributed by atoms with E-state index in [1.807, 2.05) is 18.2 Å². The SMILES string of the molecule is CCC(=O)c1ccc(-c2cc(NC[C@@H](C)c3cccc4c(C(=O)NC)ccnc34)ncn2)cc1F.S. The molecule has 0 radical (unpaired) electrons. The molecular formula is C27H28FN5O2S. The molecule has 4 rings (SSSR count). The highest BCUT2D eigenvalue weighted by Crippen LogP contribution is 2.27. The van der Waals surface area contributed by atoms with Gasteiger partial charge in [0.05, 0.1) is 22.3 Å². The first-order chi connectivity index (χ1) is 16.9. The van der Waals surface area contributed by atoms with Crippen LogP contribution in [0, 0.1) is 5.82 Å². The Labute approximate surface area is 216 Å². The summed E-state index contributed by atoms with van der Waals surface area (Å²) >= 11 is 0. The minimum atomic E-state index is -0.560. The standard InChI is InChI=1S/C27H26FN5O2.H2S/c1-4-24(34)21-9-8-17(12-22(21)28)23-13-25(33-15-32-23)31-14-16(2)18-6-5-7-19-20(27(35)29-3)10-11-30-26(18)19;/h5-13,15-16H,4,14H2,1-3H3,(H,29,35)(H,31,32,33);1H2/t16-;/m1./s1. The second-order valence-electron chi connectivity index (χ2n) is 8.22. The molecule has 2 N–H and O–H groups in total. The van der Waals surface area contributed by atoms with Crippen LogP contribution < -0.4 is 10.6 Å². The number of pyridine rings is 1. The number of halogens is 1. The van der Waals surface area contributed by atoms with Crippen molar-refractivity contribution in [2.75, 3.05) is 18.9 Å². The molecule has 36 heavy (non-hydrogen) atoms. The fourth-order valence-corrected chi connectivity index (χ4v) is 4.00. The predicted molar refractivity (Wildman–Crippen MR) is 144 cm³/mol. The Morgan fingerprint density at radius 3 is 2.56 bits per heavy atom. The number of Topliss-reactive ketones (excluding diaryl/α,β-unsaturated/α-hetero) is 1. The maximum Gasteiger partial charge on any atom is 0.251 e. The van der Waals surface area contributed by atoms with Crippen molar-refractivity contribution in [3.05, 3.63) is 83.6 Å². The summed E-state index contributed by atoms with van der Waals surface area (Å²) in [6.45, 7) is 4.32. The molecule has 1 amide bonds. The molecule has 0 aliphatic rings. The van der Waals surface area contributed by atoms with Crippen LogP contribution in [0.15, 0.2) is 61.1 Å². The van der Waals surface area contributed by atoms with E-state index in [9.17, 15) is 14.0 Å². The van der Waals surface area contributed by atoms with Gasteiger partial charge in [-0.15, -0.1) is 0 Å². The van der Waals surface area contributed by atoms with Gasteiger partial charge in [0.25, 0.3) is 5.91 Å². The van der Waals surface area contributed by atoms with Crippen LogP contribution in [0.4, 0.5) is 10.2 Å². The average molecular weight is 506 g/mol. The number of para-hydroxylation sites is 1. The quantitative estimate of drug-likeness (QED) is 0.323. The van der Waals surface area contributed by atoms with Gasteiger partial charge in [-0.05, 0) is 23.8 Å². The molecule has 2 aromatic heterocycles. The highest BCUT2D eigenvalue weighted by molar-refractivity contribution is 7.59. The molecule has 1 atom stereocenters. The normalized spacial score (nSPS) is 11.4. The van der Waals surface area contributed by atoms with Crippen molar-refractivity contribution in [1.29, 1.82) is 0 Å². The maximum atomic E-state index is 14.4. The molecule has 0 unspecified atom stereocenters. The summed E-state index contributed by atoms with van der Waals surface area (Å²) < 4.78 is 14.4. The molecule has 7 nitrogen and oxygen atoms in total. The van der Waals surface area contributed by atoms with Crippen molar-refractivity contribution in [3.8, 4) is 11.3 Å². The maximum absolute atomic E-state index is 14.4. The summed E-state index contributed by atoms with van der Waals surface area (Å²) in [4.78, 5) is 37.2. The number of nitrogens with one attached hydrogen (secondary N) is 2. The monoisotopic (exact) mass is 505 g/mol. The molecule has 0 spiro atoms. The van der Waals surface area contributed by atoms with Crippen LogP contribution in [0.25, 0.3) is 22.2 Å². The third kappa shape index (κ3) is 5.52. The zero-order valence-electron chi connectivity index (χ0n) is 20.3. The first-order valence-electron chi connectivity index (χ1n) is 11.4. The molecule has 0 aliphatic heterocycles. The van der Waals surface area contributed by atoms with Gasteiger partial charge in [0.2, 0.25) is 0 Å². The van der Waals surface area contributed by atoms with Gasteiger partial charge in [0, 0.05) is 49.1 Å². The van der Waals surface area contributed by atoms with Crippen LogP contribution in [0.1, 0.15) is 52.5 Å². The van der Waals surface area contributed by atoms with E-state index in [4.69, 9.17) is 0 Å². The second-order valence-corrected chi connectivity index (χ2v) is 8.22. The molecule has 9 heteroatoms. The Kier molecular flexibility index (Phi) is 8.71. The first-order valence-corrected chi connectivity index (χ1v) is 11.4. The van der Waals surface area contributed by atoms with Crippen LogP contribution in [0.5, 0.6) is 0 Å². The number of nitrogens with zero attached hydrogens (tertiary/aromatic N) is 3. The lowest BCUT2D eigenvalue weighted by Crippen LogP contribution is -2.18. The van der Waals surface area contributed by atoms with Crippen LogP contribution in [-0.4, -0.2) is 40.2 Å². The number of hydrogen-bond donors (Lipinski definition) is 2. The Morgan fingerprint density at radius 2 is 1.83 bits per heavy atom. The van der Waals surface area contributed by atoms with Crippen molar-refractivity contribution in [2.24, 2.45) is 0 Å². The fourth-order valence-electron chi connectivity index (χ4n) is 4.00. The number of fused-ring (bicyclic) bond motifs is 1. The van der Waals surface area contributed by atoms with Crippen LogP contribution >= 0.6 is 13.5 Å². The van der Waals surface area contributed by atoms with E-state index in [0.29, 0.717) is 29.2 Å². The Hall–Kier alpha value is -3.85. The van der Waals surface area contributed by atoms with E-state index in [2.05, 4.69) is 32.5 Å². The highest BCUT2D eigenvalue weighted by Gasteiger charge is 2.16. The van der Waals surface area contributed by atoms with Gasteiger partial charge in [-0.25, -0.2) is 14.4 Å². The topological polar surface area (TPSA) is 96.9 Å². The second kappa shape index (κ2) is 11.7. The van der Waals surface area contributed by atoms with Gasteiger partial charge in [-0.3, -0.25) is 14.6 Å². The summed E-state index contributed by atoms with van der Waals surface area (Å²) in [5.74, 6) is -0.303. The number of aromatic nitrogens is 3. The lowest BCUT2D eigenvalue weighted by Gasteiger charge is -2.16. The van der Waals surface area contributed by atoms with Crippen LogP contribution in [0.3, 0.4) is 0 Å². The van der Waals surface area contributed by atoms with Gasteiger partial charge in [-0.2, -0.15) is 13.5 Å². The van der Waals surface area contributed by atoms with Crippen LogP contribution in [-0.2, 0) is 0 Å². The van der Waals surface area contributed by atoms with Gasteiger partial charge >= 0.3 is 0 Å². The molecule has 0 aliphatic carbocycles. The largest absolute Gasteiger partial charge is 0.369 e. The lowest BCUT2D eigenvalue weighted by atomic mass is 9.96. The number of carbonyl (C=O) groups is 2. The summed E-state index contributed by atoms with van der Waals surface area (Å²) in [5, 5.41) is 6.78. The minimum absolute atomic E-state index is 0. The van der Waals surface area contributed by atoms with Gasteiger partial charge in [0.1, 0.15) is 18.0 Å². The zero-order valence-corrected chi connectivity index (χ0v) is 21.3. The van der Waals surface area contributed by atoms with Crippen molar-refractivity contribution < 1.29 is 14.0 Å². The van der Waals surface area contributed by atoms with Crippen LogP contribution in [0.2, 0.25) is 0 Å². The molecule has 2 aromatic carbocycles. The van der Waals surface area contributed by atoms with E-state index >= 15 is 0 Å². The van der Waals surface area contributed by atoms with E-state index in [1.165, 1.54) is 18.5 Å². The number of benzene rings is 2. The third-order valence-electron chi connectivity index (χ3n) is 5.95. The minimum Gasteiger partial charge on any atom is -0.369 e. The summed E-state index contributed by atoms with van der Waals surface area (Å²) in [6.07, 6.45) is 3.31. The first kappa shape index (κ1) is 26.7. The zero-order chi connectivity index (χ0) is 24.9. The number of amides is 1. The number of anilines is 1. The number of hydrogen-bond acceptors (Lipinski definition) is 6. The molecule has 186 valence electrons. The molecule has 4 aromatic rings.